The number of amides is 1. The van der Waals surface area contributed by atoms with Gasteiger partial charge in [-0.05, 0) is 59.3 Å². The second-order valence-corrected chi connectivity index (χ2v) is 8.00. The number of carboxylic acid groups (broad SMARTS) is 1. The van der Waals surface area contributed by atoms with Crippen molar-refractivity contribution < 1.29 is 23.8 Å². The van der Waals surface area contributed by atoms with Crippen LogP contribution in [-0.4, -0.2) is 30.1 Å². The molecule has 0 aliphatic carbocycles. The summed E-state index contributed by atoms with van der Waals surface area (Å²) < 4.78 is 19.2. The van der Waals surface area contributed by atoms with Crippen molar-refractivity contribution in [2.75, 3.05) is 13.2 Å². The Balaban J connectivity index is 1.51. The van der Waals surface area contributed by atoms with Crippen LogP contribution in [0.3, 0.4) is 0 Å². The van der Waals surface area contributed by atoms with Gasteiger partial charge in [-0.3, -0.25) is 4.79 Å². The predicted molar refractivity (Wildman–Crippen MR) is 134 cm³/mol. The van der Waals surface area contributed by atoms with Crippen molar-refractivity contribution in [1.29, 1.82) is 0 Å². The number of benzene rings is 4. The number of carbonyl (C=O) groups excluding carboxylic acids is 1. The highest BCUT2D eigenvalue weighted by Gasteiger charge is 2.12. The summed E-state index contributed by atoms with van der Waals surface area (Å²) in [4.78, 5) is 24.2. The van der Waals surface area contributed by atoms with Crippen molar-refractivity contribution in [3.05, 3.63) is 119 Å². The molecular formula is C29H24FNO4. The number of aromatic carboxylic acids is 1. The number of carbonyl (C=O) groups is 2. The molecule has 0 saturated heterocycles. The molecule has 35 heavy (non-hydrogen) atoms. The first kappa shape index (κ1) is 23.7. The fourth-order valence-electron chi connectivity index (χ4n) is 3.66. The summed E-state index contributed by atoms with van der Waals surface area (Å²) in [6.45, 7) is 0.394. The Kier molecular flexibility index (Phi) is 7.53. The maximum Gasteiger partial charge on any atom is 0.335 e. The highest BCUT2D eigenvalue weighted by Crippen LogP contribution is 2.25. The van der Waals surface area contributed by atoms with Gasteiger partial charge >= 0.3 is 5.97 Å². The van der Waals surface area contributed by atoms with E-state index in [0.29, 0.717) is 29.9 Å². The number of hydrogen-bond donors (Lipinski definition) is 2. The monoisotopic (exact) mass is 469 g/mol. The van der Waals surface area contributed by atoms with Crippen molar-refractivity contribution >= 4 is 28.7 Å². The van der Waals surface area contributed by atoms with Crippen LogP contribution in [0.5, 0.6) is 5.75 Å². The van der Waals surface area contributed by atoms with E-state index in [1.807, 2.05) is 42.5 Å². The number of halogens is 1. The molecule has 0 aromatic heterocycles. The minimum Gasteiger partial charge on any atom is -0.488 e. The van der Waals surface area contributed by atoms with Crippen molar-refractivity contribution in [2.45, 2.75) is 6.42 Å². The van der Waals surface area contributed by atoms with Crippen LogP contribution in [0.1, 0.15) is 21.5 Å². The highest BCUT2D eigenvalue weighted by atomic mass is 19.1. The minimum absolute atomic E-state index is 0.0249. The Morgan fingerprint density at radius 2 is 1.60 bits per heavy atom. The molecule has 4 aromatic carbocycles. The number of hydrogen-bond acceptors (Lipinski definition) is 3. The molecule has 4 aromatic rings. The second kappa shape index (κ2) is 11.1. The Labute approximate surface area is 202 Å². The number of fused-ring (bicyclic) bond motifs is 1. The SMILES string of the molecule is O=C(NCCc1ccc(F)cc1)C(=Cc1ccc(C(=O)O)cc1)COc1cccc2ccccc12. The van der Waals surface area contributed by atoms with Gasteiger partial charge in [-0.25, -0.2) is 9.18 Å². The number of nitrogens with one attached hydrogen (secondary N) is 1. The zero-order valence-corrected chi connectivity index (χ0v) is 18.9. The molecule has 0 bridgehead atoms. The standard InChI is InChI=1S/C29H24FNO4/c30-25-14-10-20(11-15-25)16-17-31-28(32)24(18-21-8-12-23(13-9-21)29(33)34)19-35-27-7-3-5-22-4-1-2-6-26(22)27/h1-15,18H,16-17,19H2,(H,31,32)(H,33,34). The third kappa shape index (κ3) is 6.32. The van der Waals surface area contributed by atoms with Crippen LogP contribution < -0.4 is 10.1 Å². The molecule has 0 heterocycles. The van der Waals surface area contributed by atoms with Gasteiger partial charge in [0.1, 0.15) is 18.2 Å². The van der Waals surface area contributed by atoms with E-state index in [1.54, 1.807) is 30.3 Å². The molecule has 176 valence electrons. The molecule has 0 atom stereocenters. The topological polar surface area (TPSA) is 75.6 Å². The van der Waals surface area contributed by atoms with Gasteiger partial charge in [-0.15, -0.1) is 0 Å². The van der Waals surface area contributed by atoms with Crippen molar-refractivity contribution in [2.24, 2.45) is 0 Å². The third-order valence-electron chi connectivity index (χ3n) is 5.54. The lowest BCUT2D eigenvalue weighted by Gasteiger charge is -2.13. The van der Waals surface area contributed by atoms with Crippen LogP contribution in [0, 0.1) is 5.82 Å². The van der Waals surface area contributed by atoms with Gasteiger partial charge in [0.05, 0.1) is 11.1 Å². The van der Waals surface area contributed by atoms with Crippen LogP contribution >= 0.6 is 0 Å². The van der Waals surface area contributed by atoms with Crippen LogP contribution in [0.15, 0.2) is 96.6 Å². The molecule has 0 saturated carbocycles. The lowest BCUT2D eigenvalue weighted by molar-refractivity contribution is -0.117. The first-order chi connectivity index (χ1) is 17.0. The average Bonchev–Trinajstić information content (AvgIpc) is 2.88. The van der Waals surface area contributed by atoms with Gasteiger partial charge in [0.25, 0.3) is 5.91 Å². The maximum absolute atomic E-state index is 13.1. The molecule has 4 rings (SSSR count). The maximum atomic E-state index is 13.1. The van der Waals surface area contributed by atoms with Crippen LogP contribution in [0.2, 0.25) is 0 Å². The first-order valence-corrected chi connectivity index (χ1v) is 11.2. The fourth-order valence-corrected chi connectivity index (χ4v) is 3.66. The Hall–Kier alpha value is -4.45. The Morgan fingerprint density at radius 1 is 0.886 bits per heavy atom. The van der Waals surface area contributed by atoms with Gasteiger partial charge < -0.3 is 15.2 Å². The summed E-state index contributed by atoms with van der Waals surface area (Å²) in [5, 5.41) is 14.0. The van der Waals surface area contributed by atoms with Crippen molar-refractivity contribution in [3.8, 4) is 5.75 Å². The summed E-state index contributed by atoms with van der Waals surface area (Å²) in [6.07, 6.45) is 2.24. The van der Waals surface area contributed by atoms with Crippen molar-refractivity contribution in [1.82, 2.24) is 5.32 Å². The van der Waals surface area contributed by atoms with Crippen LogP contribution in [0.25, 0.3) is 16.8 Å². The number of rotatable bonds is 9. The van der Waals surface area contributed by atoms with Crippen molar-refractivity contribution in [3.63, 3.8) is 0 Å². The lowest BCUT2D eigenvalue weighted by Crippen LogP contribution is -2.29. The van der Waals surface area contributed by atoms with E-state index in [4.69, 9.17) is 9.84 Å². The summed E-state index contributed by atoms with van der Waals surface area (Å²) in [5.74, 6) is -0.954. The molecule has 0 fully saturated rings. The van der Waals surface area contributed by atoms with Gasteiger partial charge in [0, 0.05) is 11.9 Å². The zero-order valence-electron chi connectivity index (χ0n) is 18.9. The zero-order chi connectivity index (χ0) is 24.6. The largest absolute Gasteiger partial charge is 0.488 e. The van der Waals surface area contributed by atoms with E-state index in [1.165, 1.54) is 24.3 Å². The molecular weight excluding hydrogens is 445 g/mol. The average molecular weight is 470 g/mol. The Bertz CT molecular complexity index is 1360. The van der Waals surface area contributed by atoms with E-state index >= 15 is 0 Å². The Morgan fingerprint density at radius 3 is 2.34 bits per heavy atom. The van der Waals surface area contributed by atoms with E-state index in [0.717, 1.165) is 16.3 Å². The van der Waals surface area contributed by atoms with E-state index in [-0.39, 0.29) is 23.9 Å². The van der Waals surface area contributed by atoms with Gasteiger partial charge in [-0.1, -0.05) is 60.7 Å². The summed E-state index contributed by atoms with van der Waals surface area (Å²) in [6, 6.07) is 26.0. The normalized spacial score (nSPS) is 11.3. The highest BCUT2D eigenvalue weighted by molar-refractivity contribution is 5.98. The number of carboxylic acids is 1. The lowest BCUT2D eigenvalue weighted by atomic mass is 10.1. The molecule has 0 radical (unpaired) electrons. The van der Waals surface area contributed by atoms with E-state index in [2.05, 4.69) is 5.32 Å². The quantitative estimate of drug-likeness (QED) is 0.318. The smallest absolute Gasteiger partial charge is 0.335 e. The summed E-state index contributed by atoms with van der Waals surface area (Å²) in [7, 11) is 0. The molecule has 0 aliphatic heterocycles. The van der Waals surface area contributed by atoms with Crippen LogP contribution in [0.4, 0.5) is 4.39 Å². The summed E-state index contributed by atoms with van der Waals surface area (Å²) >= 11 is 0. The van der Waals surface area contributed by atoms with Gasteiger partial charge in [0.2, 0.25) is 0 Å². The third-order valence-corrected chi connectivity index (χ3v) is 5.54. The van der Waals surface area contributed by atoms with Gasteiger partial charge in [-0.2, -0.15) is 0 Å². The van der Waals surface area contributed by atoms with Gasteiger partial charge in [0.15, 0.2) is 0 Å². The minimum atomic E-state index is -1.02. The molecule has 2 N–H and O–H groups in total. The molecule has 6 heteroatoms. The van der Waals surface area contributed by atoms with E-state index < -0.39 is 5.97 Å². The van der Waals surface area contributed by atoms with E-state index in [9.17, 15) is 14.0 Å². The summed E-state index contributed by atoms with van der Waals surface area (Å²) in [5.41, 5.74) is 2.15. The molecule has 0 unspecified atom stereocenters. The second-order valence-electron chi connectivity index (χ2n) is 8.00. The molecule has 5 nitrogen and oxygen atoms in total. The molecule has 1 amide bonds. The number of ether oxygens (including phenoxy) is 1. The fraction of sp³-hybridized carbons (Fsp3) is 0.103. The molecule has 0 aliphatic rings. The first-order valence-electron chi connectivity index (χ1n) is 11.2. The molecule has 0 spiro atoms. The predicted octanol–water partition coefficient (Wildman–Crippen LogP) is 5.50. The van der Waals surface area contributed by atoms with Crippen LogP contribution in [-0.2, 0) is 11.2 Å².